The molecule has 108 valence electrons. The van der Waals surface area contributed by atoms with Gasteiger partial charge < -0.3 is 9.47 Å². The molecular weight excluding hydrogens is 320 g/mol. The van der Waals surface area contributed by atoms with Gasteiger partial charge in [-0.15, -0.1) is 0 Å². The van der Waals surface area contributed by atoms with Crippen LogP contribution in [0.1, 0.15) is 42.5 Å². The predicted octanol–water partition coefficient (Wildman–Crippen LogP) is 3.99. The number of ketones is 1. The molecule has 1 atom stereocenters. The highest BCUT2D eigenvalue weighted by atomic mass is 79.9. The van der Waals surface area contributed by atoms with E-state index in [0.29, 0.717) is 17.9 Å². The van der Waals surface area contributed by atoms with Gasteiger partial charge in [0.1, 0.15) is 5.75 Å². The molecule has 1 aromatic rings. The molecule has 1 aromatic carbocycles. The van der Waals surface area contributed by atoms with E-state index in [9.17, 15) is 4.79 Å². The number of halogens is 1. The van der Waals surface area contributed by atoms with E-state index in [0.717, 1.165) is 30.2 Å². The van der Waals surface area contributed by atoms with Crippen molar-refractivity contribution in [3.63, 3.8) is 0 Å². The monoisotopic (exact) mass is 338 g/mol. The summed E-state index contributed by atoms with van der Waals surface area (Å²) in [5.74, 6) is 0.918. The molecule has 0 bridgehead atoms. The quantitative estimate of drug-likeness (QED) is 0.781. The normalized spacial score (nSPS) is 24.2. The van der Waals surface area contributed by atoms with Gasteiger partial charge in [0.2, 0.25) is 0 Å². The summed E-state index contributed by atoms with van der Waals surface area (Å²) in [7, 11) is 1.61. The van der Waals surface area contributed by atoms with Crippen LogP contribution < -0.4 is 4.74 Å². The smallest absolute Gasteiger partial charge is 0.169 e. The summed E-state index contributed by atoms with van der Waals surface area (Å²) < 4.78 is 12.2. The van der Waals surface area contributed by atoms with Crippen LogP contribution in [0.2, 0.25) is 0 Å². The van der Waals surface area contributed by atoms with Crippen molar-refractivity contribution in [1.82, 2.24) is 0 Å². The highest BCUT2D eigenvalue weighted by Crippen LogP contribution is 2.45. The lowest BCUT2D eigenvalue weighted by atomic mass is 9.70. The number of rotatable bonds is 3. The maximum absolute atomic E-state index is 12.8. The Bertz CT molecular complexity index is 522. The molecule has 1 saturated carbocycles. The molecule has 0 amide bonds. The first-order valence-electron chi connectivity index (χ1n) is 7.15. The zero-order valence-corrected chi connectivity index (χ0v) is 13.2. The predicted molar refractivity (Wildman–Crippen MR) is 80.3 cm³/mol. The minimum atomic E-state index is 0.00117. The van der Waals surface area contributed by atoms with Crippen molar-refractivity contribution >= 4 is 21.7 Å². The molecule has 1 unspecified atom stereocenters. The van der Waals surface area contributed by atoms with Gasteiger partial charge in [0.25, 0.3) is 0 Å². The van der Waals surface area contributed by atoms with Gasteiger partial charge in [-0.2, -0.15) is 0 Å². The number of hydrogen-bond donors (Lipinski definition) is 0. The van der Waals surface area contributed by atoms with E-state index < -0.39 is 0 Å². The summed E-state index contributed by atoms with van der Waals surface area (Å²) in [6.07, 6.45) is 5.12. The molecule has 2 fully saturated rings. The van der Waals surface area contributed by atoms with Gasteiger partial charge in [0.05, 0.1) is 18.3 Å². The molecule has 3 rings (SSSR count). The van der Waals surface area contributed by atoms with E-state index in [1.54, 1.807) is 7.11 Å². The van der Waals surface area contributed by atoms with Crippen molar-refractivity contribution in [2.24, 2.45) is 5.92 Å². The number of methoxy groups -OCH3 is 1. The summed E-state index contributed by atoms with van der Waals surface area (Å²) in [5, 5.41) is 0. The fourth-order valence-corrected chi connectivity index (χ4v) is 3.60. The Morgan fingerprint density at radius 2 is 2.25 bits per heavy atom. The molecule has 0 radical (unpaired) electrons. The van der Waals surface area contributed by atoms with Gasteiger partial charge in [-0.3, -0.25) is 4.79 Å². The standard InChI is InChI=1S/C16H19BrO3/c1-19-14-9-12(17)3-4-13(14)15(18)11-5-8-20-16(10-11)6-2-7-16/h3-4,9,11H,2,5-8,10H2,1H3. The number of hydrogen-bond acceptors (Lipinski definition) is 3. The lowest BCUT2D eigenvalue weighted by Gasteiger charge is -2.46. The SMILES string of the molecule is COc1cc(Br)ccc1C(=O)C1CCOC2(CCC2)C1. The molecule has 1 saturated heterocycles. The first-order valence-corrected chi connectivity index (χ1v) is 7.95. The first-order chi connectivity index (χ1) is 9.63. The molecule has 2 aliphatic rings. The number of benzene rings is 1. The topological polar surface area (TPSA) is 35.5 Å². The molecule has 1 spiro atoms. The summed E-state index contributed by atoms with van der Waals surface area (Å²) in [6.45, 7) is 0.704. The minimum absolute atomic E-state index is 0.00117. The van der Waals surface area contributed by atoms with Crippen LogP contribution in [0.4, 0.5) is 0 Å². The van der Waals surface area contributed by atoms with Gasteiger partial charge in [-0.05, 0) is 50.3 Å². The van der Waals surface area contributed by atoms with Gasteiger partial charge >= 0.3 is 0 Å². The van der Waals surface area contributed by atoms with E-state index in [1.807, 2.05) is 18.2 Å². The third kappa shape index (κ3) is 2.51. The maximum atomic E-state index is 12.8. The molecule has 0 aromatic heterocycles. The van der Waals surface area contributed by atoms with E-state index in [4.69, 9.17) is 9.47 Å². The average Bonchev–Trinajstić information content (AvgIpc) is 2.45. The van der Waals surface area contributed by atoms with Crippen LogP contribution in [0.25, 0.3) is 0 Å². The number of Topliss-reactive ketones (excluding diaryl/α,β-unsaturated/α-hetero) is 1. The molecule has 3 nitrogen and oxygen atoms in total. The van der Waals surface area contributed by atoms with E-state index in [-0.39, 0.29) is 17.3 Å². The van der Waals surface area contributed by atoms with Crippen LogP contribution in [-0.4, -0.2) is 25.1 Å². The highest BCUT2D eigenvalue weighted by molar-refractivity contribution is 9.10. The Kier molecular flexibility index (Phi) is 3.87. The number of ether oxygens (including phenoxy) is 2. The van der Waals surface area contributed by atoms with Crippen molar-refractivity contribution in [3.8, 4) is 5.75 Å². The van der Waals surface area contributed by atoms with Gasteiger partial charge in [0.15, 0.2) is 5.78 Å². The second-order valence-corrected chi connectivity index (χ2v) is 6.70. The second kappa shape index (κ2) is 5.49. The van der Waals surface area contributed by atoms with E-state index in [2.05, 4.69) is 15.9 Å². The Morgan fingerprint density at radius 3 is 2.90 bits per heavy atom. The molecule has 1 aliphatic carbocycles. The Balaban J connectivity index is 1.81. The number of carbonyl (C=O) groups excluding carboxylic acids is 1. The van der Waals surface area contributed by atoms with Crippen molar-refractivity contribution < 1.29 is 14.3 Å². The second-order valence-electron chi connectivity index (χ2n) is 5.78. The highest BCUT2D eigenvalue weighted by Gasteiger charge is 2.44. The third-order valence-corrected chi connectivity index (χ3v) is 5.05. The Hall–Kier alpha value is -0.870. The van der Waals surface area contributed by atoms with Crippen molar-refractivity contribution in [2.45, 2.75) is 37.7 Å². The summed E-state index contributed by atoms with van der Waals surface area (Å²) in [6, 6.07) is 5.61. The van der Waals surface area contributed by atoms with Gasteiger partial charge in [-0.25, -0.2) is 0 Å². The summed E-state index contributed by atoms with van der Waals surface area (Å²) in [5.41, 5.74) is 0.693. The van der Waals surface area contributed by atoms with Gasteiger partial charge in [-0.1, -0.05) is 15.9 Å². The third-order valence-electron chi connectivity index (χ3n) is 4.56. The average molecular weight is 339 g/mol. The largest absolute Gasteiger partial charge is 0.496 e. The fourth-order valence-electron chi connectivity index (χ4n) is 3.26. The summed E-state index contributed by atoms with van der Waals surface area (Å²) >= 11 is 3.41. The number of carbonyl (C=O) groups is 1. The molecule has 1 aliphatic heterocycles. The van der Waals surface area contributed by atoms with Crippen LogP contribution >= 0.6 is 15.9 Å². The minimum Gasteiger partial charge on any atom is -0.496 e. The Labute approximate surface area is 127 Å². The lowest BCUT2D eigenvalue weighted by molar-refractivity contribution is -0.137. The van der Waals surface area contributed by atoms with E-state index in [1.165, 1.54) is 6.42 Å². The van der Waals surface area contributed by atoms with Crippen molar-refractivity contribution in [1.29, 1.82) is 0 Å². The van der Waals surface area contributed by atoms with Gasteiger partial charge in [0, 0.05) is 17.0 Å². The zero-order chi connectivity index (χ0) is 14.2. The van der Waals surface area contributed by atoms with E-state index >= 15 is 0 Å². The van der Waals surface area contributed by atoms with Crippen LogP contribution in [0.15, 0.2) is 22.7 Å². The fraction of sp³-hybridized carbons (Fsp3) is 0.562. The van der Waals surface area contributed by atoms with Crippen LogP contribution in [0.3, 0.4) is 0 Å². The Morgan fingerprint density at radius 1 is 1.45 bits per heavy atom. The molecular formula is C16H19BrO3. The van der Waals surface area contributed by atoms with Crippen LogP contribution in [0.5, 0.6) is 5.75 Å². The van der Waals surface area contributed by atoms with Crippen molar-refractivity contribution in [2.75, 3.05) is 13.7 Å². The van der Waals surface area contributed by atoms with Crippen LogP contribution in [-0.2, 0) is 4.74 Å². The zero-order valence-electron chi connectivity index (χ0n) is 11.7. The summed E-state index contributed by atoms with van der Waals surface area (Å²) in [4.78, 5) is 12.8. The lowest BCUT2D eigenvalue weighted by Crippen LogP contribution is -2.47. The maximum Gasteiger partial charge on any atom is 0.169 e. The van der Waals surface area contributed by atoms with Crippen molar-refractivity contribution in [3.05, 3.63) is 28.2 Å². The van der Waals surface area contributed by atoms with Crippen LogP contribution in [0, 0.1) is 5.92 Å². The molecule has 20 heavy (non-hydrogen) atoms. The molecule has 4 heteroatoms. The first kappa shape index (κ1) is 14.1. The molecule has 1 heterocycles. The molecule has 0 N–H and O–H groups in total.